The summed E-state index contributed by atoms with van der Waals surface area (Å²) in [5.74, 6) is -1.26. The SMILES string of the molecule is Cc1[nH]nc(C(N)=O)c1NC(=O)c1cccc(Oc2cccc(C(F)(F)F)c2)c1. The fourth-order valence-corrected chi connectivity index (χ4v) is 2.52. The van der Waals surface area contributed by atoms with Gasteiger partial charge in [0, 0.05) is 5.56 Å². The van der Waals surface area contributed by atoms with Crippen molar-refractivity contribution >= 4 is 17.5 Å². The number of carbonyl (C=O) groups is 2. The summed E-state index contributed by atoms with van der Waals surface area (Å²) >= 11 is 0. The monoisotopic (exact) mass is 404 g/mol. The van der Waals surface area contributed by atoms with Gasteiger partial charge >= 0.3 is 6.18 Å². The Morgan fingerprint density at radius 3 is 2.41 bits per heavy atom. The number of nitrogens with two attached hydrogens (primary N) is 1. The zero-order chi connectivity index (χ0) is 21.2. The van der Waals surface area contributed by atoms with Crippen LogP contribution in [-0.2, 0) is 6.18 Å². The molecule has 0 fully saturated rings. The highest BCUT2D eigenvalue weighted by molar-refractivity contribution is 6.08. The number of hydrogen-bond donors (Lipinski definition) is 3. The first-order valence-electron chi connectivity index (χ1n) is 8.26. The first-order chi connectivity index (χ1) is 13.6. The molecule has 0 saturated carbocycles. The van der Waals surface area contributed by atoms with Crippen molar-refractivity contribution in [2.45, 2.75) is 13.1 Å². The van der Waals surface area contributed by atoms with Crippen molar-refractivity contribution in [2.24, 2.45) is 5.73 Å². The predicted octanol–water partition coefficient (Wildman–Crippen LogP) is 3.88. The van der Waals surface area contributed by atoms with E-state index in [1.165, 1.54) is 36.4 Å². The minimum atomic E-state index is -4.50. The number of halogens is 3. The molecule has 3 rings (SSSR count). The average Bonchev–Trinajstić information content (AvgIpc) is 3.02. The molecule has 2 aromatic carbocycles. The molecule has 0 bridgehead atoms. The molecule has 3 aromatic rings. The molecule has 2 amide bonds. The Kier molecular flexibility index (Phi) is 5.26. The molecule has 7 nitrogen and oxygen atoms in total. The summed E-state index contributed by atoms with van der Waals surface area (Å²) in [6, 6.07) is 10.2. The number of carbonyl (C=O) groups excluding carboxylic acids is 2. The fourth-order valence-electron chi connectivity index (χ4n) is 2.52. The Bertz CT molecular complexity index is 1080. The van der Waals surface area contributed by atoms with Crippen molar-refractivity contribution < 1.29 is 27.5 Å². The molecule has 10 heteroatoms. The van der Waals surface area contributed by atoms with Gasteiger partial charge in [-0.05, 0) is 43.3 Å². The van der Waals surface area contributed by atoms with E-state index >= 15 is 0 Å². The van der Waals surface area contributed by atoms with Crippen LogP contribution in [0.5, 0.6) is 11.5 Å². The maximum atomic E-state index is 12.8. The second-order valence-corrected chi connectivity index (χ2v) is 6.05. The predicted molar refractivity (Wildman–Crippen MR) is 97.8 cm³/mol. The van der Waals surface area contributed by atoms with E-state index in [9.17, 15) is 22.8 Å². The minimum Gasteiger partial charge on any atom is -0.457 e. The zero-order valence-corrected chi connectivity index (χ0v) is 15.0. The number of nitrogens with zero attached hydrogens (tertiary/aromatic N) is 1. The highest BCUT2D eigenvalue weighted by Crippen LogP contribution is 2.32. The number of nitrogens with one attached hydrogen (secondary N) is 2. The Morgan fingerprint density at radius 2 is 1.76 bits per heavy atom. The third kappa shape index (κ3) is 4.54. The lowest BCUT2D eigenvalue weighted by Gasteiger charge is -2.11. The first kappa shape index (κ1) is 19.9. The van der Waals surface area contributed by atoms with Crippen LogP contribution in [-0.4, -0.2) is 22.0 Å². The van der Waals surface area contributed by atoms with E-state index in [0.717, 1.165) is 12.1 Å². The van der Waals surface area contributed by atoms with Crippen LogP contribution < -0.4 is 15.8 Å². The molecule has 0 radical (unpaired) electrons. The van der Waals surface area contributed by atoms with E-state index < -0.39 is 23.6 Å². The van der Waals surface area contributed by atoms with Gasteiger partial charge in [-0.3, -0.25) is 14.7 Å². The number of alkyl halides is 3. The molecule has 0 atom stereocenters. The highest BCUT2D eigenvalue weighted by Gasteiger charge is 2.30. The lowest BCUT2D eigenvalue weighted by molar-refractivity contribution is -0.137. The second kappa shape index (κ2) is 7.66. The maximum Gasteiger partial charge on any atom is 0.416 e. The molecule has 0 aliphatic carbocycles. The van der Waals surface area contributed by atoms with E-state index in [-0.39, 0.29) is 28.4 Å². The van der Waals surface area contributed by atoms with Gasteiger partial charge in [0.05, 0.1) is 16.9 Å². The van der Waals surface area contributed by atoms with Gasteiger partial charge in [0.25, 0.3) is 11.8 Å². The number of H-pyrrole nitrogens is 1. The van der Waals surface area contributed by atoms with E-state index in [0.29, 0.717) is 5.69 Å². The summed E-state index contributed by atoms with van der Waals surface area (Å²) in [7, 11) is 0. The number of aryl methyl sites for hydroxylation is 1. The average molecular weight is 404 g/mol. The van der Waals surface area contributed by atoms with Crippen LogP contribution in [0, 0.1) is 6.92 Å². The summed E-state index contributed by atoms with van der Waals surface area (Å²) in [5, 5.41) is 8.83. The van der Waals surface area contributed by atoms with Crippen LogP contribution in [0.15, 0.2) is 48.5 Å². The number of aromatic amines is 1. The van der Waals surface area contributed by atoms with Crippen molar-refractivity contribution in [3.8, 4) is 11.5 Å². The second-order valence-electron chi connectivity index (χ2n) is 6.05. The van der Waals surface area contributed by atoms with Crippen LogP contribution in [0.25, 0.3) is 0 Å². The van der Waals surface area contributed by atoms with E-state index in [4.69, 9.17) is 10.5 Å². The van der Waals surface area contributed by atoms with Gasteiger partial charge in [0.1, 0.15) is 11.5 Å². The van der Waals surface area contributed by atoms with Gasteiger partial charge in [0.2, 0.25) is 0 Å². The molecule has 1 aromatic heterocycles. The van der Waals surface area contributed by atoms with Crippen molar-refractivity contribution in [1.29, 1.82) is 0 Å². The van der Waals surface area contributed by atoms with Crippen LogP contribution in [0.2, 0.25) is 0 Å². The molecule has 0 aliphatic heterocycles. The smallest absolute Gasteiger partial charge is 0.416 e. The minimum absolute atomic E-state index is 0.0286. The largest absolute Gasteiger partial charge is 0.457 e. The zero-order valence-electron chi connectivity index (χ0n) is 15.0. The topological polar surface area (TPSA) is 110 Å². The normalized spacial score (nSPS) is 11.2. The Labute approximate surface area is 162 Å². The highest BCUT2D eigenvalue weighted by atomic mass is 19.4. The number of benzene rings is 2. The molecule has 1 heterocycles. The third-order valence-electron chi connectivity index (χ3n) is 3.91. The quantitative estimate of drug-likeness (QED) is 0.599. The molecule has 150 valence electrons. The van der Waals surface area contributed by atoms with Crippen LogP contribution in [0.4, 0.5) is 18.9 Å². The van der Waals surface area contributed by atoms with Gasteiger partial charge in [-0.25, -0.2) is 0 Å². The van der Waals surface area contributed by atoms with Crippen molar-refractivity contribution in [3.05, 3.63) is 71.0 Å². The summed E-state index contributed by atoms with van der Waals surface area (Å²) in [5.41, 5.74) is 4.99. The number of rotatable bonds is 5. The van der Waals surface area contributed by atoms with Crippen molar-refractivity contribution in [3.63, 3.8) is 0 Å². The molecule has 4 N–H and O–H groups in total. The van der Waals surface area contributed by atoms with Gasteiger partial charge in [0.15, 0.2) is 5.69 Å². The van der Waals surface area contributed by atoms with Gasteiger partial charge in [-0.1, -0.05) is 12.1 Å². The van der Waals surface area contributed by atoms with Crippen LogP contribution in [0.1, 0.15) is 32.1 Å². The molecule has 0 aliphatic rings. The first-order valence-corrected chi connectivity index (χ1v) is 8.26. The van der Waals surface area contributed by atoms with Crippen molar-refractivity contribution in [2.75, 3.05) is 5.32 Å². The summed E-state index contributed by atoms with van der Waals surface area (Å²) in [6.07, 6.45) is -4.50. The molecule has 0 spiro atoms. The van der Waals surface area contributed by atoms with Gasteiger partial charge in [-0.15, -0.1) is 0 Å². The third-order valence-corrected chi connectivity index (χ3v) is 3.91. The summed E-state index contributed by atoms with van der Waals surface area (Å²) in [4.78, 5) is 23.9. The van der Waals surface area contributed by atoms with Crippen LogP contribution in [0.3, 0.4) is 0 Å². The number of primary amides is 1. The van der Waals surface area contributed by atoms with E-state index in [2.05, 4.69) is 15.5 Å². The summed E-state index contributed by atoms with van der Waals surface area (Å²) < 4.78 is 43.9. The van der Waals surface area contributed by atoms with Crippen molar-refractivity contribution in [1.82, 2.24) is 10.2 Å². The molecule has 0 unspecified atom stereocenters. The van der Waals surface area contributed by atoms with E-state index in [1.807, 2.05) is 0 Å². The number of hydrogen-bond acceptors (Lipinski definition) is 4. The number of amides is 2. The lowest BCUT2D eigenvalue weighted by Crippen LogP contribution is -2.18. The molecule has 29 heavy (non-hydrogen) atoms. The Hall–Kier alpha value is -3.82. The number of ether oxygens (including phenoxy) is 1. The lowest BCUT2D eigenvalue weighted by atomic mass is 10.2. The maximum absolute atomic E-state index is 12.8. The standard InChI is InChI=1S/C19H15F3N4O3/c1-10-15(16(17(23)27)26-25-10)24-18(28)11-4-2-6-13(8-11)29-14-7-3-5-12(9-14)19(20,21)22/h2-9H,1H3,(H2,23,27)(H,24,28)(H,25,26). The molecule has 0 saturated heterocycles. The number of anilines is 1. The van der Waals surface area contributed by atoms with Gasteiger partial charge < -0.3 is 15.8 Å². The van der Waals surface area contributed by atoms with E-state index in [1.54, 1.807) is 6.92 Å². The molecular weight excluding hydrogens is 389 g/mol. The Morgan fingerprint density at radius 1 is 1.10 bits per heavy atom. The number of aromatic nitrogens is 2. The fraction of sp³-hybridized carbons (Fsp3) is 0.105. The van der Waals surface area contributed by atoms with Gasteiger partial charge in [-0.2, -0.15) is 18.3 Å². The van der Waals surface area contributed by atoms with Crippen LogP contribution >= 0.6 is 0 Å². The summed E-state index contributed by atoms with van der Waals surface area (Å²) in [6.45, 7) is 1.60. The molecular formula is C19H15F3N4O3. The Balaban J connectivity index is 1.81.